The third-order valence-corrected chi connectivity index (χ3v) is 3.17. The van der Waals surface area contributed by atoms with Gasteiger partial charge in [0.15, 0.2) is 5.75 Å². The number of carbonyl (C=O) groups excluding carboxylic acids is 1. The van der Waals surface area contributed by atoms with Crippen LogP contribution in [-0.4, -0.2) is 17.1 Å². The van der Waals surface area contributed by atoms with E-state index in [1.54, 1.807) is 18.2 Å². The van der Waals surface area contributed by atoms with Gasteiger partial charge in [-0.25, -0.2) is 0 Å². The first-order valence-electron chi connectivity index (χ1n) is 5.85. The van der Waals surface area contributed by atoms with Crippen LogP contribution in [-0.2, 0) is 0 Å². The van der Waals surface area contributed by atoms with Crippen LogP contribution in [0.3, 0.4) is 0 Å². The summed E-state index contributed by atoms with van der Waals surface area (Å²) < 4.78 is 0. The normalized spacial score (nSPS) is 14.1. The number of phenolic OH excluding ortho intramolecular Hbond substituents is 1. The van der Waals surface area contributed by atoms with Crippen LogP contribution in [0.1, 0.15) is 37.6 Å². The number of benzene rings is 1. The third-order valence-electron chi connectivity index (χ3n) is 3.17. The Bertz CT molecular complexity index is 404. The van der Waals surface area contributed by atoms with Crippen LogP contribution >= 0.6 is 0 Å². The molecular weight excluding hydrogens is 216 g/mol. The minimum atomic E-state index is -0.289. The summed E-state index contributed by atoms with van der Waals surface area (Å²) in [5, 5.41) is 12.6. The Morgan fingerprint density at radius 1 is 1.47 bits per heavy atom. The molecule has 1 aromatic carbocycles. The summed E-state index contributed by atoms with van der Waals surface area (Å²) in [7, 11) is 0. The van der Waals surface area contributed by atoms with Gasteiger partial charge in [0.2, 0.25) is 0 Å². The van der Waals surface area contributed by atoms with Crippen LogP contribution < -0.4 is 11.1 Å². The molecule has 0 aliphatic rings. The van der Waals surface area contributed by atoms with Gasteiger partial charge in [0, 0.05) is 6.04 Å². The summed E-state index contributed by atoms with van der Waals surface area (Å²) in [5.74, 6) is -0.0499. The smallest absolute Gasteiger partial charge is 0.255 e. The van der Waals surface area contributed by atoms with Gasteiger partial charge >= 0.3 is 0 Å². The monoisotopic (exact) mass is 236 g/mol. The topological polar surface area (TPSA) is 75.4 Å². The van der Waals surface area contributed by atoms with Gasteiger partial charge in [-0.3, -0.25) is 4.79 Å². The number of nitrogens with two attached hydrogens (primary N) is 1. The number of anilines is 1. The van der Waals surface area contributed by atoms with Crippen molar-refractivity contribution in [3.63, 3.8) is 0 Å². The number of para-hydroxylation sites is 1. The maximum atomic E-state index is 11.9. The predicted molar refractivity (Wildman–Crippen MR) is 68.9 cm³/mol. The van der Waals surface area contributed by atoms with Gasteiger partial charge in [-0.15, -0.1) is 0 Å². The van der Waals surface area contributed by atoms with E-state index in [1.165, 1.54) is 0 Å². The number of nitrogen functional groups attached to an aromatic ring is 1. The van der Waals surface area contributed by atoms with Crippen LogP contribution in [0.15, 0.2) is 18.2 Å². The molecule has 0 fully saturated rings. The lowest BCUT2D eigenvalue weighted by atomic mass is 10.0. The molecule has 0 aliphatic carbocycles. The van der Waals surface area contributed by atoms with Gasteiger partial charge in [-0.2, -0.15) is 0 Å². The van der Waals surface area contributed by atoms with Crippen molar-refractivity contribution in [1.29, 1.82) is 0 Å². The zero-order valence-electron chi connectivity index (χ0n) is 10.5. The van der Waals surface area contributed by atoms with Crippen molar-refractivity contribution in [1.82, 2.24) is 5.32 Å². The SMILES string of the molecule is CCC(C)C(C)NC(=O)c1cccc(N)c1O. The van der Waals surface area contributed by atoms with Gasteiger partial charge in [0.25, 0.3) is 5.91 Å². The lowest BCUT2D eigenvalue weighted by Gasteiger charge is -2.20. The molecule has 0 heterocycles. The largest absolute Gasteiger partial charge is 0.505 e. The first kappa shape index (κ1) is 13.4. The van der Waals surface area contributed by atoms with Crippen molar-refractivity contribution in [3.05, 3.63) is 23.8 Å². The molecule has 0 spiro atoms. The highest BCUT2D eigenvalue weighted by Gasteiger charge is 2.17. The molecule has 0 bridgehead atoms. The van der Waals surface area contributed by atoms with Crippen molar-refractivity contribution in [2.24, 2.45) is 5.92 Å². The lowest BCUT2D eigenvalue weighted by Crippen LogP contribution is -2.36. The molecule has 0 aromatic heterocycles. The predicted octanol–water partition coefficient (Wildman–Crippen LogP) is 2.14. The molecule has 2 atom stereocenters. The first-order valence-corrected chi connectivity index (χ1v) is 5.85. The standard InChI is InChI=1S/C13H20N2O2/c1-4-8(2)9(3)15-13(17)10-6-5-7-11(14)12(10)16/h5-9,16H,4,14H2,1-3H3,(H,15,17). The second kappa shape index (κ2) is 5.57. The number of hydrogen-bond donors (Lipinski definition) is 3. The Morgan fingerprint density at radius 2 is 2.12 bits per heavy atom. The molecule has 0 saturated heterocycles. The molecule has 1 amide bonds. The third kappa shape index (κ3) is 3.12. The van der Waals surface area contributed by atoms with Crippen LogP contribution in [0.4, 0.5) is 5.69 Å². The summed E-state index contributed by atoms with van der Waals surface area (Å²) in [5.41, 5.74) is 5.98. The van der Waals surface area contributed by atoms with Gasteiger partial charge in [0.1, 0.15) is 0 Å². The van der Waals surface area contributed by atoms with E-state index in [4.69, 9.17) is 5.73 Å². The first-order chi connectivity index (χ1) is 7.97. The van der Waals surface area contributed by atoms with Crippen LogP contribution in [0.2, 0.25) is 0 Å². The number of phenols is 1. The number of nitrogens with one attached hydrogen (secondary N) is 1. The van der Waals surface area contributed by atoms with E-state index in [1.807, 2.05) is 6.92 Å². The molecule has 0 saturated carbocycles. The van der Waals surface area contributed by atoms with Crippen molar-refractivity contribution in [2.75, 3.05) is 5.73 Å². The van der Waals surface area contributed by atoms with Gasteiger partial charge < -0.3 is 16.2 Å². The minimum Gasteiger partial charge on any atom is -0.505 e. The van der Waals surface area contributed by atoms with E-state index in [0.29, 0.717) is 5.92 Å². The van der Waals surface area contributed by atoms with Crippen molar-refractivity contribution >= 4 is 11.6 Å². The molecule has 0 radical (unpaired) electrons. The molecule has 0 aliphatic heterocycles. The quantitative estimate of drug-likeness (QED) is 0.554. The molecule has 94 valence electrons. The van der Waals surface area contributed by atoms with E-state index in [9.17, 15) is 9.90 Å². The van der Waals surface area contributed by atoms with E-state index in [-0.39, 0.29) is 28.9 Å². The average Bonchev–Trinajstić information content (AvgIpc) is 2.31. The molecule has 1 rings (SSSR count). The zero-order chi connectivity index (χ0) is 13.0. The summed E-state index contributed by atoms with van der Waals surface area (Å²) >= 11 is 0. The Kier molecular flexibility index (Phi) is 4.37. The summed E-state index contributed by atoms with van der Waals surface area (Å²) in [6.45, 7) is 6.10. The maximum Gasteiger partial charge on any atom is 0.255 e. The highest BCUT2D eigenvalue weighted by molar-refractivity contribution is 5.98. The Labute approximate surface area is 102 Å². The molecule has 4 nitrogen and oxygen atoms in total. The van der Waals surface area contributed by atoms with Crippen LogP contribution in [0, 0.1) is 5.92 Å². The lowest BCUT2D eigenvalue weighted by molar-refractivity contribution is 0.0925. The summed E-state index contributed by atoms with van der Waals surface area (Å²) in [4.78, 5) is 11.9. The molecular formula is C13H20N2O2. The number of hydrogen-bond acceptors (Lipinski definition) is 3. The summed E-state index contributed by atoms with van der Waals surface area (Å²) in [6.07, 6.45) is 0.990. The maximum absolute atomic E-state index is 11.9. The number of amides is 1. The molecule has 2 unspecified atom stereocenters. The fourth-order valence-corrected chi connectivity index (χ4v) is 1.52. The highest BCUT2D eigenvalue weighted by Crippen LogP contribution is 2.24. The molecule has 17 heavy (non-hydrogen) atoms. The van der Waals surface area contributed by atoms with Crippen LogP contribution in [0.25, 0.3) is 0 Å². The highest BCUT2D eigenvalue weighted by atomic mass is 16.3. The second-order valence-corrected chi connectivity index (χ2v) is 4.39. The Balaban J connectivity index is 2.80. The fraction of sp³-hybridized carbons (Fsp3) is 0.462. The molecule has 4 N–H and O–H groups in total. The van der Waals surface area contributed by atoms with Gasteiger partial charge in [-0.1, -0.05) is 26.3 Å². The number of carbonyl (C=O) groups is 1. The summed E-state index contributed by atoms with van der Waals surface area (Å²) in [6, 6.07) is 4.83. The van der Waals surface area contributed by atoms with E-state index in [0.717, 1.165) is 6.42 Å². The van der Waals surface area contributed by atoms with E-state index < -0.39 is 0 Å². The van der Waals surface area contributed by atoms with Gasteiger partial charge in [0.05, 0.1) is 11.3 Å². The number of rotatable bonds is 4. The Hall–Kier alpha value is -1.71. The van der Waals surface area contributed by atoms with Crippen molar-refractivity contribution in [2.45, 2.75) is 33.2 Å². The minimum absolute atomic E-state index is 0.0633. The molecule has 1 aromatic rings. The van der Waals surface area contributed by atoms with E-state index in [2.05, 4.69) is 19.2 Å². The molecule has 4 heteroatoms. The average molecular weight is 236 g/mol. The Morgan fingerprint density at radius 3 is 2.71 bits per heavy atom. The van der Waals surface area contributed by atoms with Gasteiger partial charge in [-0.05, 0) is 25.0 Å². The zero-order valence-corrected chi connectivity index (χ0v) is 10.5. The second-order valence-electron chi connectivity index (χ2n) is 4.39. The van der Waals surface area contributed by atoms with Crippen molar-refractivity contribution in [3.8, 4) is 5.75 Å². The van der Waals surface area contributed by atoms with Crippen LogP contribution in [0.5, 0.6) is 5.75 Å². The van der Waals surface area contributed by atoms with E-state index >= 15 is 0 Å². The number of aromatic hydroxyl groups is 1. The van der Waals surface area contributed by atoms with Crippen molar-refractivity contribution < 1.29 is 9.90 Å². The fourth-order valence-electron chi connectivity index (χ4n) is 1.52.